The lowest BCUT2D eigenvalue weighted by molar-refractivity contribution is -0.173. The average Bonchev–Trinajstić information content (AvgIpc) is 3.57. The van der Waals surface area contributed by atoms with Gasteiger partial charge in [0.15, 0.2) is 0 Å². The molecule has 1 aliphatic heterocycles. The van der Waals surface area contributed by atoms with Crippen LogP contribution in [-0.4, -0.2) is 53.0 Å². The fraction of sp³-hybridized carbons (Fsp3) is 0.630. The molecule has 298 valence electrons. The maximum Gasteiger partial charge on any atom is 0.313 e. The maximum atomic E-state index is 15.2. The Hall–Kier alpha value is -2.97. The second-order valence-corrected chi connectivity index (χ2v) is 18.3. The normalized spacial score (nSPS) is 22.5. The second-order valence-electron chi connectivity index (χ2n) is 17.1. The number of halogens is 1. The molecule has 1 fully saturated rings. The second kappa shape index (κ2) is 19.3. The van der Waals surface area contributed by atoms with Crippen molar-refractivity contribution in [1.82, 2.24) is 4.90 Å². The zero-order chi connectivity index (χ0) is 39.6. The molecule has 1 aliphatic carbocycles. The third-order valence-electron chi connectivity index (χ3n) is 11.5. The van der Waals surface area contributed by atoms with Crippen molar-refractivity contribution in [3.05, 3.63) is 83.4 Å². The van der Waals surface area contributed by atoms with Crippen LogP contribution in [-0.2, 0) is 23.8 Å². The number of nitrogens with zero attached hydrogens (tertiary/aromatic N) is 1. The Morgan fingerprint density at radius 3 is 2.13 bits per heavy atom. The highest BCUT2D eigenvalue weighted by atomic mass is 32.2. The Bertz CT molecular complexity index is 1570. The Kier molecular flexibility index (Phi) is 15.6. The highest BCUT2D eigenvalue weighted by Crippen LogP contribution is 2.63. The van der Waals surface area contributed by atoms with E-state index in [0.717, 1.165) is 55.2 Å². The van der Waals surface area contributed by atoms with Crippen LogP contribution in [0.5, 0.6) is 0 Å². The summed E-state index contributed by atoms with van der Waals surface area (Å²) in [7, 11) is 1.58. The first kappa shape index (κ1) is 43.8. The largest absolute Gasteiger partial charge is 0.460 e. The van der Waals surface area contributed by atoms with Gasteiger partial charge in [-0.05, 0) is 95.2 Å². The molecule has 3 unspecified atom stereocenters. The van der Waals surface area contributed by atoms with Crippen LogP contribution in [0.25, 0.3) is 0 Å². The molecule has 0 spiro atoms. The van der Waals surface area contributed by atoms with E-state index < -0.39 is 45.3 Å². The molecule has 2 aromatic rings. The van der Waals surface area contributed by atoms with Crippen molar-refractivity contribution in [3.8, 4) is 0 Å². The number of allylic oxidation sites excluding steroid dienone is 1. The number of alkyl halides is 1. The van der Waals surface area contributed by atoms with E-state index in [1.807, 2.05) is 75.4 Å². The van der Waals surface area contributed by atoms with Crippen molar-refractivity contribution in [2.24, 2.45) is 11.3 Å². The molecule has 6 atom stereocenters. The lowest BCUT2D eigenvalue weighted by atomic mass is 9.72. The number of methoxy groups -OCH3 is 1. The summed E-state index contributed by atoms with van der Waals surface area (Å²) >= 11 is 1.21. The summed E-state index contributed by atoms with van der Waals surface area (Å²) in [6, 6.07) is 17.7. The number of imide groups is 1. The zero-order valence-corrected chi connectivity index (χ0v) is 35.1. The molecule has 2 aromatic carbocycles. The molecule has 0 saturated carbocycles. The molecular weight excluding hydrogens is 698 g/mol. The molecule has 6 nitrogen and oxygen atoms in total. The molecule has 54 heavy (non-hydrogen) atoms. The van der Waals surface area contributed by atoms with Gasteiger partial charge in [-0.2, -0.15) is 0 Å². The van der Waals surface area contributed by atoms with Gasteiger partial charge in [0.2, 0.25) is 5.91 Å². The van der Waals surface area contributed by atoms with E-state index in [2.05, 4.69) is 26.0 Å². The van der Waals surface area contributed by atoms with Crippen LogP contribution < -0.4 is 0 Å². The molecule has 0 bridgehead atoms. The van der Waals surface area contributed by atoms with Gasteiger partial charge in [0, 0.05) is 19.6 Å². The molecule has 0 radical (unpaired) electrons. The number of fused-ring (bicyclic) bond motifs is 3. The number of thioether (sulfide) groups is 1. The highest BCUT2D eigenvalue weighted by Gasteiger charge is 2.64. The molecule has 1 heterocycles. The van der Waals surface area contributed by atoms with Crippen LogP contribution in [0, 0.1) is 11.3 Å². The SMILES string of the molecule is CCCCCCCC(C)(F)CCCCCC/C=C/[C@H](C(=O)N1C(=O)SC2(c3ccccc3)c3ccccc3C(C)[C@H]12)[C@@](C)(CCOC)C(=O)OC(C)(C)C. The van der Waals surface area contributed by atoms with Crippen LogP contribution in [0.15, 0.2) is 66.7 Å². The molecular formula is C46H66FNO5S. The van der Waals surface area contributed by atoms with E-state index in [4.69, 9.17) is 9.47 Å². The number of rotatable bonds is 21. The number of benzene rings is 2. The third-order valence-corrected chi connectivity index (χ3v) is 12.9. The highest BCUT2D eigenvalue weighted by molar-refractivity contribution is 8.15. The van der Waals surface area contributed by atoms with Crippen molar-refractivity contribution in [3.63, 3.8) is 0 Å². The van der Waals surface area contributed by atoms with Gasteiger partial charge in [0.25, 0.3) is 5.24 Å². The molecule has 4 rings (SSSR count). The summed E-state index contributed by atoms with van der Waals surface area (Å²) in [5, 5.41) is -0.312. The van der Waals surface area contributed by atoms with E-state index >= 15 is 9.18 Å². The summed E-state index contributed by atoms with van der Waals surface area (Å²) in [6.45, 7) is 13.5. The van der Waals surface area contributed by atoms with Crippen molar-refractivity contribution >= 4 is 28.9 Å². The first-order chi connectivity index (χ1) is 25.6. The van der Waals surface area contributed by atoms with Crippen LogP contribution in [0.1, 0.15) is 155 Å². The van der Waals surface area contributed by atoms with Crippen molar-refractivity contribution in [1.29, 1.82) is 0 Å². The van der Waals surface area contributed by atoms with Crippen LogP contribution in [0.2, 0.25) is 0 Å². The van der Waals surface area contributed by atoms with Gasteiger partial charge in [-0.15, -0.1) is 0 Å². The minimum atomic E-state index is -1.31. The van der Waals surface area contributed by atoms with E-state index in [1.165, 1.54) is 35.9 Å². The Morgan fingerprint density at radius 1 is 0.889 bits per heavy atom. The van der Waals surface area contributed by atoms with Crippen molar-refractivity contribution < 1.29 is 28.2 Å². The maximum absolute atomic E-state index is 15.2. The minimum absolute atomic E-state index is 0.132. The summed E-state index contributed by atoms with van der Waals surface area (Å²) < 4.78 is 25.8. The Labute approximate surface area is 329 Å². The number of amides is 2. The first-order valence-corrected chi connectivity index (χ1v) is 21.2. The van der Waals surface area contributed by atoms with Gasteiger partial charge >= 0.3 is 5.97 Å². The van der Waals surface area contributed by atoms with E-state index in [9.17, 15) is 9.59 Å². The summed E-state index contributed by atoms with van der Waals surface area (Å²) in [5.74, 6) is -1.99. The fourth-order valence-electron chi connectivity index (χ4n) is 8.41. The van der Waals surface area contributed by atoms with Gasteiger partial charge in [-0.25, -0.2) is 4.39 Å². The quantitative estimate of drug-likeness (QED) is 0.0716. The van der Waals surface area contributed by atoms with Crippen molar-refractivity contribution in [2.45, 2.75) is 160 Å². The number of ether oxygens (including phenoxy) is 2. The van der Waals surface area contributed by atoms with E-state index in [-0.39, 0.29) is 24.2 Å². The number of hydrogen-bond acceptors (Lipinski definition) is 6. The molecule has 8 heteroatoms. The summed E-state index contributed by atoms with van der Waals surface area (Å²) in [6.07, 6.45) is 15.2. The van der Waals surface area contributed by atoms with Crippen LogP contribution in [0.4, 0.5) is 9.18 Å². The average molecular weight is 764 g/mol. The summed E-state index contributed by atoms with van der Waals surface area (Å²) in [5.41, 5.74) is -0.0699. The monoisotopic (exact) mass is 763 g/mol. The Morgan fingerprint density at radius 2 is 1.50 bits per heavy atom. The van der Waals surface area contributed by atoms with E-state index in [1.54, 1.807) is 21.0 Å². The zero-order valence-electron chi connectivity index (χ0n) is 34.3. The molecule has 2 aliphatic rings. The molecule has 1 saturated heterocycles. The standard InChI is InChI=1S/C46H66FNO5S/c1-9-10-11-15-23-30-44(6,47)31-24-16-13-12-14-20-29-38(45(7,32-33-52-8)41(50)53-43(3,4)5)40(49)48-39-34(2)36-27-21-22-28-37(36)46(39,54-42(48)51)35-25-18-17-19-26-35/h17-22,25-29,34,38-39H,9-16,23-24,30-33H2,1-8H3/b29-20+/t34?,38-,39+,44?,45-,46?/m1/s1. The molecule has 0 N–H and O–H groups in total. The number of carbonyl (C=O) groups is 3. The lowest BCUT2D eigenvalue weighted by Gasteiger charge is -2.39. The number of unbranched alkanes of at least 4 members (excludes halogenated alkanes) is 8. The number of esters is 1. The van der Waals surface area contributed by atoms with E-state index in [0.29, 0.717) is 19.3 Å². The van der Waals surface area contributed by atoms with Gasteiger partial charge < -0.3 is 9.47 Å². The molecule has 2 amide bonds. The van der Waals surface area contributed by atoms with Gasteiger partial charge in [0.05, 0.1) is 22.1 Å². The Balaban J connectivity index is 1.58. The smallest absolute Gasteiger partial charge is 0.313 e. The van der Waals surface area contributed by atoms with Crippen LogP contribution >= 0.6 is 11.8 Å². The summed E-state index contributed by atoms with van der Waals surface area (Å²) in [4.78, 5) is 45.2. The predicted octanol–water partition coefficient (Wildman–Crippen LogP) is 12.1. The lowest BCUT2D eigenvalue weighted by Crippen LogP contribution is -2.52. The molecule has 0 aromatic heterocycles. The van der Waals surface area contributed by atoms with Gasteiger partial charge in [-0.1, -0.05) is 132 Å². The van der Waals surface area contributed by atoms with Gasteiger partial charge in [0.1, 0.15) is 11.3 Å². The minimum Gasteiger partial charge on any atom is -0.460 e. The number of carbonyl (C=O) groups excluding carboxylic acids is 3. The third kappa shape index (κ3) is 10.3. The van der Waals surface area contributed by atoms with Gasteiger partial charge in [-0.3, -0.25) is 19.3 Å². The number of hydrogen-bond donors (Lipinski definition) is 0. The fourth-order valence-corrected chi connectivity index (χ4v) is 9.96. The van der Waals surface area contributed by atoms with Crippen LogP contribution in [0.3, 0.4) is 0 Å². The predicted molar refractivity (Wildman–Crippen MR) is 219 cm³/mol. The van der Waals surface area contributed by atoms with Crippen molar-refractivity contribution in [2.75, 3.05) is 13.7 Å². The topological polar surface area (TPSA) is 72.9 Å². The first-order valence-electron chi connectivity index (χ1n) is 20.4.